The van der Waals surface area contributed by atoms with Crippen LogP contribution in [0.5, 0.6) is 0 Å². The maximum absolute atomic E-state index is 13.1. The minimum Gasteiger partial charge on any atom is -0.462 e. The number of aliphatic hydroxyl groups excluding tert-OH is 1. The molecule has 0 bridgehead atoms. The number of rotatable bonds is 73. The van der Waals surface area contributed by atoms with Gasteiger partial charge in [0.2, 0.25) is 0 Å². The van der Waals surface area contributed by atoms with Gasteiger partial charge in [-0.15, -0.1) is 0 Å². The van der Waals surface area contributed by atoms with E-state index < -0.39 is 97.5 Å². The van der Waals surface area contributed by atoms with Crippen LogP contribution in [0.2, 0.25) is 0 Å². The molecule has 0 radical (unpaired) electrons. The Morgan fingerprint density at radius 2 is 0.548 bits per heavy atom. The number of hydrogen-bond donors (Lipinski definition) is 3. The molecule has 0 fully saturated rings. The Kier molecular flexibility index (Phi) is 64.6. The van der Waals surface area contributed by atoms with E-state index in [1.807, 2.05) is 0 Å². The number of ether oxygens (including phenoxy) is 4. The lowest BCUT2D eigenvalue weighted by molar-refractivity contribution is -0.161. The van der Waals surface area contributed by atoms with Crippen molar-refractivity contribution in [2.45, 2.75) is 400 Å². The Labute approximate surface area is 568 Å². The van der Waals surface area contributed by atoms with Crippen molar-refractivity contribution in [3.05, 3.63) is 0 Å². The van der Waals surface area contributed by atoms with Crippen molar-refractivity contribution in [2.24, 2.45) is 11.8 Å². The zero-order chi connectivity index (χ0) is 68.6. The van der Waals surface area contributed by atoms with Crippen LogP contribution in [0.1, 0.15) is 382 Å². The summed E-state index contributed by atoms with van der Waals surface area (Å²) in [5.74, 6) is -0.533. The SMILES string of the molecule is CCCCCCCCCCCCCCC(=O)OC[C@H](COP(=O)(O)OC[C@@H](O)COP(=O)(O)OC[C@@H](COC(=O)CCCCCCCCCC)OC(=O)CCCCCCCCCCC(C)C)OC(=O)CCCCCCCCCCCCCCCCCCCCC(C)CC. The van der Waals surface area contributed by atoms with Crippen LogP contribution in [0, 0.1) is 11.8 Å². The van der Waals surface area contributed by atoms with Crippen LogP contribution in [0.4, 0.5) is 0 Å². The second-order valence-electron chi connectivity index (χ2n) is 27.4. The summed E-state index contributed by atoms with van der Waals surface area (Å²) in [4.78, 5) is 72.6. The van der Waals surface area contributed by atoms with E-state index in [4.69, 9.17) is 37.0 Å². The smallest absolute Gasteiger partial charge is 0.462 e. The highest BCUT2D eigenvalue weighted by Gasteiger charge is 2.30. The highest BCUT2D eigenvalue weighted by Crippen LogP contribution is 2.45. The molecule has 0 aromatic heterocycles. The predicted molar refractivity (Wildman–Crippen MR) is 377 cm³/mol. The number of phosphoric acid groups is 2. The lowest BCUT2D eigenvalue weighted by Gasteiger charge is -2.21. The van der Waals surface area contributed by atoms with Gasteiger partial charge in [0.25, 0.3) is 0 Å². The average Bonchev–Trinajstić information content (AvgIpc) is 1.95. The van der Waals surface area contributed by atoms with Gasteiger partial charge in [-0.25, -0.2) is 9.13 Å². The quantitative estimate of drug-likeness (QED) is 0.0222. The van der Waals surface area contributed by atoms with Crippen LogP contribution in [-0.4, -0.2) is 96.7 Å². The molecule has 0 rings (SSSR count). The van der Waals surface area contributed by atoms with Crippen molar-refractivity contribution in [2.75, 3.05) is 39.6 Å². The van der Waals surface area contributed by atoms with Crippen LogP contribution < -0.4 is 0 Å². The Balaban J connectivity index is 5.15. The van der Waals surface area contributed by atoms with Gasteiger partial charge in [-0.05, 0) is 37.5 Å². The molecular formula is C74H144O17P2. The third-order valence-electron chi connectivity index (χ3n) is 17.6. The van der Waals surface area contributed by atoms with E-state index in [-0.39, 0.29) is 25.7 Å². The van der Waals surface area contributed by atoms with Crippen LogP contribution in [0.3, 0.4) is 0 Å². The van der Waals surface area contributed by atoms with E-state index in [0.29, 0.717) is 25.7 Å². The maximum Gasteiger partial charge on any atom is 0.472 e. The summed E-state index contributed by atoms with van der Waals surface area (Å²) in [6.07, 6.45) is 52.9. The van der Waals surface area contributed by atoms with Crippen molar-refractivity contribution < 1.29 is 80.2 Å². The molecule has 3 N–H and O–H groups in total. The van der Waals surface area contributed by atoms with E-state index in [9.17, 15) is 43.2 Å². The lowest BCUT2D eigenvalue weighted by atomic mass is 9.99. The maximum atomic E-state index is 13.1. The molecule has 0 saturated carbocycles. The Morgan fingerprint density at radius 1 is 0.312 bits per heavy atom. The number of phosphoric ester groups is 2. The van der Waals surface area contributed by atoms with Gasteiger partial charge in [0.15, 0.2) is 12.2 Å². The molecule has 0 amide bonds. The fraction of sp³-hybridized carbons (Fsp3) is 0.946. The first-order valence-electron chi connectivity index (χ1n) is 38.5. The van der Waals surface area contributed by atoms with Gasteiger partial charge in [-0.2, -0.15) is 0 Å². The van der Waals surface area contributed by atoms with Gasteiger partial charge in [-0.3, -0.25) is 37.3 Å². The molecule has 93 heavy (non-hydrogen) atoms. The molecule has 3 unspecified atom stereocenters. The molecule has 0 heterocycles. The van der Waals surface area contributed by atoms with Gasteiger partial charge in [0, 0.05) is 25.7 Å². The highest BCUT2D eigenvalue weighted by atomic mass is 31.2. The zero-order valence-corrected chi connectivity index (χ0v) is 62.3. The number of carbonyl (C=O) groups is 4. The fourth-order valence-electron chi connectivity index (χ4n) is 11.3. The van der Waals surface area contributed by atoms with Gasteiger partial charge < -0.3 is 33.8 Å². The molecule has 0 spiro atoms. The first kappa shape index (κ1) is 91.1. The Morgan fingerprint density at radius 3 is 0.817 bits per heavy atom. The van der Waals surface area contributed by atoms with Crippen LogP contribution in [-0.2, 0) is 65.4 Å². The van der Waals surface area contributed by atoms with Crippen molar-refractivity contribution in [1.82, 2.24) is 0 Å². The number of unbranched alkanes of at least 4 members (excludes halogenated alkanes) is 42. The highest BCUT2D eigenvalue weighted by molar-refractivity contribution is 7.47. The van der Waals surface area contributed by atoms with Crippen molar-refractivity contribution in [3.63, 3.8) is 0 Å². The fourth-order valence-corrected chi connectivity index (χ4v) is 12.8. The second kappa shape index (κ2) is 66.0. The van der Waals surface area contributed by atoms with Gasteiger partial charge in [0.1, 0.15) is 19.3 Å². The standard InChI is InChI=1S/C74H144O17P2/c1-7-10-12-14-16-18-19-29-32-39-45-51-57-72(77)85-63-70(90-73(78)58-52-46-40-33-30-27-25-23-21-20-22-24-26-28-31-37-43-49-55-67(6)9-3)65-89-93(82,83)87-61-68(75)60-86-92(80,81)88-64-69(62-84-71(76)56-50-44-38-17-15-13-11-8-2)91-74(79)59-53-47-41-35-34-36-42-48-54-66(4)5/h66-70,75H,7-65H2,1-6H3,(H,80,81)(H,82,83)/t67?,68-,69+,70+/m0/s1. The molecular weight excluding hydrogens is 1220 g/mol. The summed E-state index contributed by atoms with van der Waals surface area (Å²) in [7, 11) is -9.90. The molecule has 0 aromatic rings. The van der Waals surface area contributed by atoms with E-state index in [0.717, 1.165) is 108 Å². The number of carbonyl (C=O) groups excluding carboxylic acids is 4. The minimum atomic E-state index is -4.95. The van der Waals surface area contributed by atoms with E-state index in [1.165, 1.54) is 193 Å². The third kappa shape index (κ3) is 67.0. The summed E-state index contributed by atoms with van der Waals surface area (Å²) in [5.41, 5.74) is 0. The lowest BCUT2D eigenvalue weighted by Crippen LogP contribution is -2.30. The summed E-state index contributed by atoms with van der Waals surface area (Å²) >= 11 is 0. The first-order valence-corrected chi connectivity index (χ1v) is 41.5. The topological polar surface area (TPSA) is 237 Å². The summed E-state index contributed by atoms with van der Waals surface area (Å²) in [6, 6.07) is 0. The van der Waals surface area contributed by atoms with Crippen molar-refractivity contribution in [3.8, 4) is 0 Å². The first-order chi connectivity index (χ1) is 44.9. The van der Waals surface area contributed by atoms with Crippen LogP contribution in [0.25, 0.3) is 0 Å². The molecule has 552 valence electrons. The minimum absolute atomic E-state index is 0.104. The molecule has 19 heteroatoms. The molecule has 0 aliphatic heterocycles. The number of hydrogen-bond acceptors (Lipinski definition) is 15. The van der Waals surface area contributed by atoms with E-state index >= 15 is 0 Å². The van der Waals surface area contributed by atoms with E-state index in [2.05, 4.69) is 41.5 Å². The second-order valence-corrected chi connectivity index (χ2v) is 30.3. The molecule has 0 aliphatic carbocycles. The Hall–Kier alpha value is -1.94. The molecule has 0 aromatic carbocycles. The molecule has 0 saturated heterocycles. The normalized spacial score (nSPS) is 14.3. The number of esters is 4. The van der Waals surface area contributed by atoms with Crippen molar-refractivity contribution >= 4 is 39.5 Å². The monoisotopic (exact) mass is 1370 g/mol. The summed E-state index contributed by atoms with van der Waals surface area (Å²) < 4.78 is 68.3. The predicted octanol–water partition coefficient (Wildman–Crippen LogP) is 21.6. The van der Waals surface area contributed by atoms with Crippen molar-refractivity contribution in [1.29, 1.82) is 0 Å². The largest absolute Gasteiger partial charge is 0.472 e. The van der Waals surface area contributed by atoms with Crippen LogP contribution in [0.15, 0.2) is 0 Å². The van der Waals surface area contributed by atoms with Crippen LogP contribution >= 0.6 is 15.6 Å². The van der Waals surface area contributed by atoms with Gasteiger partial charge >= 0.3 is 39.5 Å². The molecule has 0 aliphatic rings. The van der Waals surface area contributed by atoms with Gasteiger partial charge in [-0.1, -0.05) is 330 Å². The summed E-state index contributed by atoms with van der Waals surface area (Å²) in [5, 5.41) is 10.6. The summed E-state index contributed by atoms with van der Waals surface area (Å²) in [6.45, 7) is 9.57. The zero-order valence-electron chi connectivity index (χ0n) is 60.6. The molecule has 17 nitrogen and oxygen atoms in total. The molecule has 6 atom stereocenters. The van der Waals surface area contributed by atoms with Gasteiger partial charge in [0.05, 0.1) is 26.4 Å². The average molecular weight is 1370 g/mol. The number of aliphatic hydroxyl groups is 1. The van der Waals surface area contributed by atoms with E-state index in [1.54, 1.807) is 0 Å². The third-order valence-corrected chi connectivity index (χ3v) is 19.5. The Bertz CT molecular complexity index is 1810.